The summed E-state index contributed by atoms with van der Waals surface area (Å²) < 4.78 is 5.32. The minimum Gasteiger partial charge on any atom is -0.481 e. The van der Waals surface area contributed by atoms with Crippen molar-refractivity contribution in [3.8, 4) is 0 Å². The molecule has 4 nitrogen and oxygen atoms in total. The van der Waals surface area contributed by atoms with Crippen molar-refractivity contribution < 1.29 is 14.6 Å². The molecule has 0 radical (unpaired) electrons. The number of likely N-dealkylation sites (tertiary alicyclic amines) is 1. The van der Waals surface area contributed by atoms with Crippen molar-refractivity contribution in [1.29, 1.82) is 0 Å². The van der Waals surface area contributed by atoms with Gasteiger partial charge >= 0.3 is 5.97 Å². The number of carboxylic acids is 1. The summed E-state index contributed by atoms with van der Waals surface area (Å²) in [5.41, 5.74) is 0. The molecule has 1 unspecified atom stereocenters. The summed E-state index contributed by atoms with van der Waals surface area (Å²) in [6.07, 6.45) is 2.55. The van der Waals surface area contributed by atoms with E-state index in [-0.39, 0.29) is 6.42 Å². The first-order valence-corrected chi connectivity index (χ1v) is 5.16. The normalized spacial score (nSPS) is 23.6. The zero-order valence-electron chi connectivity index (χ0n) is 8.74. The van der Waals surface area contributed by atoms with Gasteiger partial charge in [0.1, 0.15) is 0 Å². The van der Waals surface area contributed by atoms with Crippen LogP contribution in [0.15, 0.2) is 0 Å². The summed E-state index contributed by atoms with van der Waals surface area (Å²) in [7, 11) is 2.11. The molecule has 1 aliphatic heterocycles. The molecule has 82 valence electrons. The van der Waals surface area contributed by atoms with Crippen LogP contribution in [0.5, 0.6) is 0 Å². The van der Waals surface area contributed by atoms with Crippen LogP contribution in [-0.4, -0.2) is 49.3 Å². The Morgan fingerprint density at radius 1 is 1.64 bits per heavy atom. The molecular formula is C10H19NO3. The van der Waals surface area contributed by atoms with Gasteiger partial charge in [-0.2, -0.15) is 0 Å². The number of hydrogen-bond donors (Lipinski definition) is 1. The van der Waals surface area contributed by atoms with Gasteiger partial charge < -0.3 is 14.7 Å². The second-order valence-corrected chi connectivity index (χ2v) is 3.99. The molecule has 1 saturated heterocycles. The first-order valence-electron chi connectivity index (χ1n) is 5.16. The predicted octanol–water partition coefficient (Wildman–Crippen LogP) is 0.820. The summed E-state index contributed by atoms with van der Waals surface area (Å²) in [6, 6.07) is 0. The fourth-order valence-corrected chi connectivity index (χ4v) is 1.82. The van der Waals surface area contributed by atoms with E-state index in [0.717, 1.165) is 6.54 Å². The number of carbonyl (C=O) groups is 1. The number of hydrogen-bond acceptors (Lipinski definition) is 3. The van der Waals surface area contributed by atoms with Crippen molar-refractivity contribution >= 4 is 5.97 Å². The first-order chi connectivity index (χ1) is 6.68. The van der Waals surface area contributed by atoms with Crippen LogP contribution in [0.4, 0.5) is 0 Å². The van der Waals surface area contributed by atoms with Gasteiger partial charge in [-0.15, -0.1) is 0 Å². The lowest BCUT2D eigenvalue weighted by molar-refractivity contribution is -0.138. The number of rotatable bonds is 5. The summed E-state index contributed by atoms with van der Waals surface area (Å²) in [5.74, 6) is -0.201. The number of piperidine rings is 1. The molecule has 0 aliphatic carbocycles. The minimum atomic E-state index is -0.786. The Kier molecular flexibility index (Phi) is 4.90. The molecule has 0 aromatic rings. The lowest BCUT2D eigenvalue weighted by Crippen LogP contribution is -2.34. The first kappa shape index (κ1) is 11.5. The van der Waals surface area contributed by atoms with E-state index in [1.807, 2.05) is 0 Å². The van der Waals surface area contributed by atoms with Crippen molar-refractivity contribution in [3.63, 3.8) is 0 Å². The second-order valence-electron chi connectivity index (χ2n) is 3.99. The third-order valence-electron chi connectivity index (χ3n) is 2.54. The van der Waals surface area contributed by atoms with E-state index < -0.39 is 5.97 Å². The van der Waals surface area contributed by atoms with Gasteiger partial charge in [0.2, 0.25) is 0 Å². The van der Waals surface area contributed by atoms with Gasteiger partial charge in [-0.1, -0.05) is 0 Å². The average Bonchev–Trinajstić information content (AvgIpc) is 2.12. The van der Waals surface area contributed by atoms with Gasteiger partial charge in [-0.25, -0.2) is 0 Å². The highest BCUT2D eigenvalue weighted by molar-refractivity contribution is 5.66. The quantitative estimate of drug-likeness (QED) is 0.669. The smallest absolute Gasteiger partial charge is 0.305 e. The Morgan fingerprint density at radius 2 is 2.43 bits per heavy atom. The third-order valence-corrected chi connectivity index (χ3v) is 2.54. The molecule has 0 aromatic heterocycles. The maximum Gasteiger partial charge on any atom is 0.305 e. The number of aliphatic carboxylic acids is 1. The fraction of sp³-hybridized carbons (Fsp3) is 0.900. The van der Waals surface area contributed by atoms with Crippen molar-refractivity contribution in [3.05, 3.63) is 0 Å². The van der Waals surface area contributed by atoms with E-state index >= 15 is 0 Å². The number of ether oxygens (including phenoxy) is 1. The number of carboxylic acid groups (broad SMARTS) is 1. The fourth-order valence-electron chi connectivity index (χ4n) is 1.82. The topological polar surface area (TPSA) is 49.8 Å². The van der Waals surface area contributed by atoms with Gasteiger partial charge in [-0.05, 0) is 32.4 Å². The highest BCUT2D eigenvalue weighted by Crippen LogP contribution is 2.14. The lowest BCUT2D eigenvalue weighted by Gasteiger charge is -2.29. The predicted molar refractivity (Wildman–Crippen MR) is 53.3 cm³/mol. The molecule has 0 spiro atoms. The summed E-state index contributed by atoms with van der Waals surface area (Å²) in [5, 5.41) is 8.40. The average molecular weight is 201 g/mol. The van der Waals surface area contributed by atoms with Crippen LogP contribution in [0.2, 0.25) is 0 Å². The van der Waals surface area contributed by atoms with Gasteiger partial charge in [0.25, 0.3) is 0 Å². The largest absolute Gasteiger partial charge is 0.481 e. The minimum absolute atomic E-state index is 0.114. The summed E-state index contributed by atoms with van der Waals surface area (Å²) >= 11 is 0. The van der Waals surface area contributed by atoms with E-state index in [1.54, 1.807) is 0 Å². The highest BCUT2D eigenvalue weighted by Gasteiger charge is 2.16. The van der Waals surface area contributed by atoms with Crippen LogP contribution >= 0.6 is 0 Å². The number of nitrogens with zero attached hydrogens (tertiary/aromatic N) is 1. The molecule has 1 aliphatic rings. The Morgan fingerprint density at radius 3 is 3.07 bits per heavy atom. The van der Waals surface area contributed by atoms with Gasteiger partial charge in [-0.3, -0.25) is 4.79 Å². The van der Waals surface area contributed by atoms with E-state index in [9.17, 15) is 4.79 Å². The molecule has 0 saturated carbocycles. The SMILES string of the molecule is CN1CCCC(COCCC(=O)O)C1. The standard InChI is InChI=1S/C10H19NO3/c1-11-5-2-3-9(7-11)8-14-6-4-10(12)13/h9H,2-8H2,1H3,(H,12,13). The molecule has 1 fully saturated rings. The molecule has 1 heterocycles. The molecule has 0 bridgehead atoms. The monoisotopic (exact) mass is 201 g/mol. The highest BCUT2D eigenvalue weighted by atomic mass is 16.5. The van der Waals surface area contributed by atoms with Crippen molar-refractivity contribution in [2.24, 2.45) is 5.92 Å². The Balaban J connectivity index is 2.03. The molecule has 14 heavy (non-hydrogen) atoms. The Hall–Kier alpha value is -0.610. The van der Waals surface area contributed by atoms with Crippen LogP contribution in [0.3, 0.4) is 0 Å². The van der Waals surface area contributed by atoms with Gasteiger partial charge in [0.15, 0.2) is 0 Å². The van der Waals surface area contributed by atoms with E-state index in [1.165, 1.54) is 19.4 Å². The van der Waals surface area contributed by atoms with Crippen LogP contribution in [0.1, 0.15) is 19.3 Å². The van der Waals surface area contributed by atoms with E-state index in [4.69, 9.17) is 9.84 Å². The van der Waals surface area contributed by atoms with Crippen molar-refractivity contribution in [1.82, 2.24) is 4.90 Å². The van der Waals surface area contributed by atoms with Crippen molar-refractivity contribution in [2.45, 2.75) is 19.3 Å². The molecule has 0 amide bonds. The van der Waals surface area contributed by atoms with Crippen LogP contribution in [0, 0.1) is 5.92 Å². The molecule has 1 rings (SSSR count). The molecule has 1 atom stereocenters. The molecule has 0 aromatic carbocycles. The maximum atomic E-state index is 10.2. The summed E-state index contributed by atoms with van der Waals surface area (Å²) in [6.45, 7) is 3.30. The molecular weight excluding hydrogens is 182 g/mol. The van der Waals surface area contributed by atoms with Crippen LogP contribution in [-0.2, 0) is 9.53 Å². The van der Waals surface area contributed by atoms with E-state index in [2.05, 4.69) is 11.9 Å². The third kappa shape index (κ3) is 4.58. The van der Waals surface area contributed by atoms with E-state index in [0.29, 0.717) is 19.1 Å². The van der Waals surface area contributed by atoms with Crippen molar-refractivity contribution in [2.75, 3.05) is 33.4 Å². The lowest BCUT2D eigenvalue weighted by atomic mass is 10.00. The second kappa shape index (κ2) is 5.98. The maximum absolute atomic E-state index is 10.2. The molecule has 1 N–H and O–H groups in total. The molecule has 4 heteroatoms. The summed E-state index contributed by atoms with van der Waals surface area (Å²) in [4.78, 5) is 12.5. The van der Waals surface area contributed by atoms with Crippen LogP contribution < -0.4 is 0 Å². The van der Waals surface area contributed by atoms with Gasteiger partial charge in [0, 0.05) is 6.54 Å². The zero-order chi connectivity index (χ0) is 10.4. The van der Waals surface area contributed by atoms with Gasteiger partial charge in [0.05, 0.1) is 19.6 Å². The van der Waals surface area contributed by atoms with Crippen LogP contribution in [0.25, 0.3) is 0 Å². The Bertz CT molecular complexity index is 184. The zero-order valence-corrected chi connectivity index (χ0v) is 8.74. The Labute approximate surface area is 84.8 Å².